The summed E-state index contributed by atoms with van der Waals surface area (Å²) in [5, 5.41) is 19.9. The van der Waals surface area contributed by atoms with Crippen LogP contribution in [0.4, 0.5) is 5.82 Å². The zero-order valence-corrected chi connectivity index (χ0v) is 12.4. The van der Waals surface area contributed by atoms with Crippen LogP contribution in [-0.4, -0.2) is 31.0 Å². The van der Waals surface area contributed by atoms with Gasteiger partial charge in [-0.2, -0.15) is 0 Å². The molecule has 1 unspecified atom stereocenters. The lowest BCUT2D eigenvalue weighted by molar-refractivity contribution is -0.116. The third kappa shape index (κ3) is 3.84. The molecule has 0 fully saturated rings. The van der Waals surface area contributed by atoms with Gasteiger partial charge in [-0.15, -0.1) is 5.10 Å². The molecule has 0 bridgehead atoms. The molecule has 0 saturated heterocycles. The van der Waals surface area contributed by atoms with Gasteiger partial charge in [-0.05, 0) is 34.5 Å². The Morgan fingerprint density at radius 2 is 2.35 bits per heavy atom. The van der Waals surface area contributed by atoms with E-state index >= 15 is 0 Å². The molecule has 1 atom stereocenters. The van der Waals surface area contributed by atoms with Crippen LogP contribution in [0.25, 0.3) is 0 Å². The van der Waals surface area contributed by atoms with Crippen LogP contribution in [0.3, 0.4) is 0 Å². The Balaban J connectivity index is 1.94. The predicted molar refractivity (Wildman–Crippen MR) is 75.8 cm³/mol. The molecule has 0 aliphatic carbocycles. The lowest BCUT2D eigenvalue weighted by Gasteiger charge is -2.04. The molecular weight excluding hydrogens is 326 g/mol. The van der Waals surface area contributed by atoms with E-state index in [0.717, 1.165) is 4.47 Å². The number of amides is 1. The second-order valence-corrected chi connectivity index (χ2v) is 5.09. The second-order valence-electron chi connectivity index (χ2n) is 4.17. The molecule has 2 rings (SSSR count). The van der Waals surface area contributed by atoms with Crippen LogP contribution in [0, 0.1) is 0 Å². The molecule has 0 aliphatic rings. The van der Waals surface area contributed by atoms with E-state index in [9.17, 15) is 9.90 Å². The highest BCUT2D eigenvalue weighted by atomic mass is 79.9. The first-order valence-corrected chi connectivity index (χ1v) is 6.87. The summed E-state index contributed by atoms with van der Waals surface area (Å²) in [6, 6.07) is 3.48. The van der Waals surface area contributed by atoms with Crippen molar-refractivity contribution in [3.8, 4) is 0 Å². The smallest absolute Gasteiger partial charge is 0.247 e. The van der Waals surface area contributed by atoms with Crippen LogP contribution in [0.2, 0.25) is 0 Å². The van der Waals surface area contributed by atoms with Crippen LogP contribution in [-0.2, 0) is 11.3 Å². The number of pyridine rings is 1. The molecule has 1 amide bonds. The van der Waals surface area contributed by atoms with E-state index in [2.05, 4.69) is 36.5 Å². The number of aromatic nitrogens is 4. The quantitative estimate of drug-likeness (QED) is 0.861. The van der Waals surface area contributed by atoms with Crippen LogP contribution in [0.1, 0.15) is 25.1 Å². The Hall–Kier alpha value is -1.80. The summed E-state index contributed by atoms with van der Waals surface area (Å²) in [5.74, 6) is 0.203. The highest BCUT2D eigenvalue weighted by Gasteiger charge is 2.11. The molecule has 0 radical (unpaired) electrons. The van der Waals surface area contributed by atoms with Crippen molar-refractivity contribution < 1.29 is 9.90 Å². The van der Waals surface area contributed by atoms with Gasteiger partial charge in [0.25, 0.3) is 0 Å². The van der Waals surface area contributed by atoms with E-state index in [0.29, 0.717) is 17.9 Å². The maximum atomic E-state index is 11.8. The zero-order valence-electron chi connectivity index (χ0n) is 10.8. The lowest BCUT2D eigenvalue weighted by atomic mass is 10.2. The van der Waals surface area contributed by atoms with Gasteiger partial charge in [-0.1, -0.05) is 12.1 Å². The van der Waals surface area contributed by atoms with Crippen molar-refractivity contribution >= 4 is 27.7 Å². The standard InChI is InChI=1S/C12H14BrN5O2/c1-2-10(19)9-6-18(17-16-9)7-12(20)15-11-4-3-8(13)5-14-11/h3-6,10,19H,2,7H2,1H3,(H,14,15,20). The van der Waals surface area contributed by atoms with Gasteiger partial charge in [-0.25, -0.2) is 9.67 Å². The highest BCUT2D eigenvalue weighted by molar-refractivity contribution is 9.10. The molecule has 7 nitrogen and oxygen atoms in total. The summed E-state index contributed by atoms with van der Waals surface area (Å²) in [6.07, 6.45) is 3.05. The molecule has 0 aromatic carbocycles. The Morgan fingerprint density at radius 3 is 3.00 bits per heavy atom. The molecule has 2 N–H and O–H groups in total. The molecule has 8 heteroatoms. The topological polar surface area (TPSA) is 92.9 Å². The number of carbonyl (C=O) groups excluding carboxylic acids is 1. The number of nitrogens with one attached hydrogen (secondary N) is 1. The molecule has 2 aromatic rings. The third-order valence-corrected chi connectivity index (χ3v) is 3.05. The second kappa shape index (κ2) is 6.58. The van der Waals surface area contributed by atoms with Crippen molar-refractivity contribution in [2.75, 3.05) is 5.32 Å². The minimum absolute atomic E-state index is 0.0151. The van der Waals surface area contributed by atoms with Crippen LogP contribution in [0.5, 0.6) is 0 Å². The molecule has 0 aliphatic heterocycles. The molecule has 0 saturated carbocycles. The van der Waals surface area contributed by atoms with Crippen molar-refractivity contribution in [2.45, 2.75) is 26.0 Å². The highest BCUT2D eigenvalue weighted by Crippen LogP contribution is 2.12. The summed E-state index contributed by atoms with van der Waals surface area (Å²) in [4.78, 5) is 15.8. The van der Waals surface area contributed by atoms with Crippen molar-refractivity contribution in [1.82, 2.24) is 20.0 Å². The number of aliphatic hydroxyl groups excluding tert-OH is 1. The minimum atomic E-state index is -0.653. The molecule has 2 aromatic heterocycles. The van der Waals surface area contributed by atoms with Crippen molar-refractivity contribution in [3.63, 3.8) is 0 Å². The summed E-state index contributed by atoms with van der Waals surface area (Å²) >= 11 is 3.27. The first kappa shape index (κ1) is 14.6. The number of hydrogen-bond acceptors (Lipinski definition) is 5. The van der Waals surface area contributed by atoms with E-state index in [1.165, 1.54) is 4.68 Å². The van der Waals surface area contributed by atoms with Gasteiger partial charge >= 0.3 is 0 Å². The number of anilines is 1. The Labute approximate surface area is 124 Å². The number of nitrogens with zero attached hydrogens (tertiary/aromatic N) is 4. The average Bonchev–Trinajstić information content (AvgIpc) is 2.89. The number of hydrogen-bond donors (Lipinski definition) is 2. The van der Waals surface area contributed by atoms with Crippen LogP contribution >= 0.6 is 15.9 Å². The Bertz CT molecular complexity index is 584. The number of aliphatic hydroxyl groups is 1. The molecule has 20 heavy (non-hydrogen) atoms. The molecule has 2 heterocycles. The predicted octanol–water partition coefficient (Wildman–Crippen LogP) is 1.52. The fourth-order valence-electron chi connectivity index (χ4n) is 1.53. The third-order valence-electron chi connectivity index (χ3n) is 2.58. The van der Waals surface area contributed by atoms with Crippen molar-refractivity contribution in [1.29, 1.82) is 0 Å². The molecule has 106 valence electrons. The fraction of sp³-hybridized carbons (Fsp3) is 0.333. The van der Waals surface area contributed by atoms with E-state index in [1.54, 1.807) is 24.5 Å². The minimum Gasteiger partial charge on any atom is -0.387 e. The summed E-state index contributed by atoms with van der Waals surface area (Å²) in [6.45, 7) is 1.86. The molecular formula is C12H14BrN5O2. The van der Waals surface area contributed by atoms with Gasteiger partial charge in [0.15, 0.2) is 0 Å². The monoisotopic (exact) mass is 339 g/mol. The summed E-state index contributed by atoms with van der Waals surface area (Å²) in [7, 11) is 0. The lowest BCUT2D eigenvalue weighted by Crippen LogP contribution is -2.19. The van der Waals surface area contributed by atoms with Crippen LogP contribution in [0.15, 0.2) is 29.0 Å². The van der Waals surface area contributed by atoms with Crippen molar-refractivity contribution in [2.24, 2.45) is 0 Å². The normalized spacial score (nSPS) is 12.2. The van der Waals surface area contributed by atoms with Gasteiger partial charge < -0.3 is 10.4 Å². The van der Waals surface area contributed by atoms with Gasteiger partial charge in [0.05, 0.1) is 12.3 Å². The largest absolute Gasteiger partial charge is 0.387 e. The fourth-order valence-corrected chi connectivity index (χ4v) is 1.77. The maximum Gasteiger partial charge on any atom is 0.247 e. The van der Waals surface area contributed by atoms with Crippen LogP contribution < -0.4 is 5.32 Å². The van der Waals surface area contributed by atoms with Gasteiger partial charge in [0.1, 0.15) is 18.1 Å². The average molecular weight is 340 g/mol. The van der Waals surface area contributed by atoms with E-state index in [1.807, 2.05) is 6.92 Å². The first-order valence-electron chi connectivity index (χ1n) is 6.08. The number of carbonyl (C=O) groups is 1. The van der Waals surface area contributed by atoms with Gasteiger partial charge in [0.2, 0.25) is 5.91 Å². The van der Waals surface area contributed by atoms with E-state index < -0.39 is 6.10 Å². The maximum absolute atomic E-state index is 11.8. The zero-order chi connectivity index (χ0) is 14.5. The Morgan fingerprint density at radius 1 is 1.55 bits per heavy atom. The van der Waals surface area contributed by atoms with Crippen molar-refractivity contribution in [3.05, 3.63) is 34.7 Å². The number of halogens is 1. The van der Waals surface area contributed by atoms with E-state index in [4.69, 9.17) is 0 Å². The summed E-state index contributed by atoms with van der Waals surface area (Å²) in [5.41, 5.74) is 0.460. The Kier molecular flexibility index (Phi) is 4.80. The first-order chi connectivity index (χ1) is 9.58. The number of rotatable bonds is 5. The van der Waals surface area contributed by atoms with E-state index in [-0.39, 0.29) is 12.5 Å². The molecule has 0 spiro atoms. The van der Waals surface area contributed by atoms with Gasteiger partial charge in [-0.3, -0.25) is 4.79 Å². The SMILES string of the molecule is CCC(O)c1cn(CC(=O)Nc2ccc(Br)cn2)nn1. The van der Waals surface area contributed by atoms with Gasteiger partial charge in [0, 0.05) is 10.7 Å². The summed E-state index contributed by atoms with van der Waals surface area (Å²) < 4.78 is 2.22.